The maximum absolute atomic E-state index is 3.21. The number of hydrogen-bond donors (Lipinski definition) is 0. The van der Waals surface area contributed by atoms with E-state index < -0.39 is 0 Å². The van der Waals surface area contributed by atoms with Gasteiger partial charge in [-0.15, -0.1) is 12.8 Å². The van der Waals surface area contributed by atoms with Gasteiger partial charge in [-0.25, -0.2) is 23.3 Å². The first-order chi connectivity index (χ1) is 6.86. The predicted molar refractivity (Wildman–Crippen MR) is 68.0 cm³/mol. The maximum atomic E-state index is 3.21. The molecular weight excluding hydrogens is 271 g/mol. The third kappa shape index (κ3) is 7.17. The van der Waals surface area contributed by atoms with Crippen molar-refractivity contribution < 1.29 is 26.2 Å². The molecule has 0 atom stereocenters. The molecule has 2 rings (SSSR count). The van der Waals surface area contributed by atoms with Crippen LogP contribution in [0.4, 0.5) is 0 Å². The van der Waals surface area contributed by atoms with Crippen molar-refractivity contribution in [3.8, 4) is 0 Å². The third-order valence-corrected chi connectivity index (χ3v) is 2.29. The summed E-state index contributed by atoms with van der Waals surface area (Å²) < 4.78 is 0. The van der Waals surface area contributed by atoms with Crippen LogP contribution in [-0.2, 0) is 26.2 Å². The van der Waals surface area contributed by atoms with Gasteiger partial charge in [-0.1, -0.05) is 26.7 Å². The molecule has 0 heterocycles. The molecule has 0 bridgehead atoms. The largest absolute Gasteiger partial charge is 3.00 e. The van der Waals surface area contributed by atoms with Crippen molar-refractivity contribution in [2.24, 2.45) is 0 Å². The van der Waals surface area contributed by atoms with Crippen LogP contribution in [0.3, 0.4) is 0 Å². The van der Waals surface area contributed by atoms with Crippen LogP contribution in [0.1, 0.15) is 39.5 Å². The van der Waals surface area contributed by atoms with E-state index in [0.29, 0.717) is 0 Å². The van der Waals surface area contributed by atoms with Gasteiger partial charge < -0.3 is 7.43 Å². The fourth-order valence-electron chi connectivity index (χ4n) is 1.39. The Bertz CT molecular complexity index is 250. The molecule has 0 saturated carbocycles. The van der Waals surface area contributed by atoms with Gasteiger partial charge in [-0.3, -0.25) is 12.2 Å². The molecular formula is C15H21Zr. The zero-order valence-electron chi connectivity index (χ0n) is 10.6. The van der Waals surface area contributed by atoms with Crippen LogP contribution in [0.5, 0.6) is 0 Å². The molecule has 0 aromatic rings. The molecule has 2 aliphatic rings. The molecule has 0 aromatic carbocycles. The van der Waals surface area contributed by atoms with E-state index in [-0.39, 0.29) is 33.6 Å². The van der Waals surface area contributed by atoms with Gasteiger partial charge in [-0.05, 0) is 0 Å². The number of rotatable bonds is 2. The van der Waals surface area contributed by atoms with Crippen LogP contribution in [0.2, 0.25) is 0 Å². The van der Waals surface area contributed by atoms with Crippen LogP contribution < -0.4 is 0 Å². The normalized spacial score (nSPS) is 15.4. The standard InChI is InChI=1S/2C7H9.CH3.Zr/c2*1-2-7-5-3-4-6-7;;/h2*3,5H,2,4H2,1H3;1H3;/q3*-1;+3. The third-order valence-electron chi connectivity index (χ3n) is 2.29. The van der Waals surface area contributed by atoms with Gasteiger partial charge in [0.1, 0.15) is 0 Å². The first-order valence-corrected chi connectivity index (χ1v) is 5.39. The van der Waals surface area contributed by atoms with E-state index >= 15 is 0 Å². The van der Waals surface area contributed by atoms with Crippen molar-refractivity contribution in [2.75, 3.05) is 0 Å². The minimum absolute atomic E-state index is 0. The van der Waals surface area contributed by atoms with Crippen molar-refractivity contribution >= 4 is 0 Å². The van der Waals surface area contributed by atoms with Gasteiger partial charge in [0.2, 0.25) is 0 Å². The monoisotopic (exact) mass is 291 g/mol. The van der Waals surface area contributed by atoms with Crippen molar-refractivity contribution in [3.05, 3.63) is 55.0 Å². The Morgan fingerprint density at radius 1 is 0.938 bits per heavy atom. The van der Waals surface area contributed by atoms with Crippen LogP contribution >= 0.6 is 0 Å². The van der Waals surface area contributed by atoms with E-state index in [2.05, 4.69) is 50.3 Å². The molecule has 0 nitrogen and oxygen atoms in total. The molecule has 16 heavy (non-hydrogen) atoms. The van der Waals surface area contributed by atoms with Gasteiger partial charge in [0, 0.05) is 0 Å². The summed E-state index contributed by atoms with van der Waals surface area (Å²) in [4.78, 5) is 0. The summed E-state index contributed by atoms with van der Waals surface area (Å²) in [7, 11) is 0. The van der Waals surface area contributed by atoms with Crippen molar-refractivity contribution in [3.63, 3.8) is 0 Å². The summed E-state index contributed by atoms with van der Waals surface area (Å²) in [6.07, 6.45) is 19.3. The molecule has 0 fully saturated rings. The van der Waals surface area contributed by atoms with Crippen LogP contribution in [0.15, 0.2) is 35.5 Å². The molecule has 85 valence electrons. The summed E-state index contributed by atoms with van der Waals surface area (Å²) in [5.41, 5.74) is 2.72. The van der Waals surface area contributed by atoms with Gasteiger partial charge in [0.05, 0.1) is 0 Å². The minimum atomic E-state index is 0. The average molecular weight is 293 g/mol. The average Bonchev–Trinajstić information content (AvgIpc) is 2.92. The van der Waals surface area contributed by atoms with E-state index in [4.69, 9.17) is 0 Å². The topological polar surface area (TPSA) is 0 Å². The summed E-state index contributed by atoms with van der Waals surface area (Å²) in [6.45, 7) is 4.30. The summed E-state index contributed by atoms with van der Waals surface area (Å²) in [5.74, 6) is 0. The Labute approximate surface area is 120 Å². The summed E-state index contributed by atoms with van der Waals surface area (Å²) in [6, 6.07) is 0. The second-order valence-corrected chi connectivity index (χ2v) is 3.32. The minimum Gasteiger partial charge on any atom is -0.358 e. The fraction of sp³-hybridized carbons (Fsp3) is 0.400. The van der Waals surface area contributed by atoms with E-state index in [1.165, 1.54) is 11.1 Å². The molecule has 0 N–H and O–H groups in total. The van der Waals surface area contributed by atoms with Crippen LogP contribution in [0.25, 0.3) is 0 Å². The molecule has 1 heteroatoms. The predicted octanol–water partition coefficient (Wildman–Crippen LogP) is 4.62. The smallest absolute Gasteiger partial charge is 0.358 e. The Balaban J connectivity index is 0. The van der Waals surface area contributed by atoms with E-state index in [1.807, 2.05) is 0 Å². The molecule has 0 aromatic heterocycles. The molecule has 0 unspecified atom stereocenters. The Hall–Kier alpha value is -0.157. The Kier molecular flexibility index (Phi) is 12.9. The summed E-state index contributed by atoms with van der Waals surface area (Å²) >= 11 is 0. The SMILES string of the molecule is CCC1=[C-]CC=C1.CCC1=[C-]CC=C1.[CH3-].[Zr+3]. The molecule has 0 aliphatic heterocycles. The van der Waals surface area contributed by atoms with Gasteiger partial charge >= 0.3 is 26.2 Å². The maximum Gasteiger partial charge on any atom is 3.00 e. The molecule has 2 aliphatic carbocycles. The van der Waals surface area contributed by atoms with E-state index in [1.54, 1.807) is 0 Å². The molecule has 0 saturated heterocycles. The van der Waals surface area contributed by atoms with Crippen molar-refractivity contribution in [1.29, 1.82) is 0 Å². The zero-order chi connectivity index (χ0) is 10.2. The van der Waals surface area contributed by atoms with Gasteiger partial charge in [-0.2, -0.15) is 12.2 Å². The second kappa shape index (κ2) is 11.3. The van der Waals surface area contributed by atoms with E-state index in [0.717, 1.165) is 25.7 Å². The molecule has 0 amide bonds. The molecule has 1 radical (unpaired) electrons. The quantitative estimate of drug-likeness (QED) is 0.652. The van der Waals surface area contributed by atoms with E-state index in [9.17, 15) is 0 Å². The Morgan fingerprint density at radius 2 is 1.31 bits per heavy atom. The molecule has 0 spiro atoms. The van der Waals surface area contributed by atoms with Gasteiger partial charge in [0.15, 0.2) is 0 Å². The zero-order valence-corrected chi connectivity index (χ0v) is 13.1. The van der Waals surface area contributed by atoms with Crippen LogP contribution in [-0.4, -0.2) is 0 Å². The first kappa shape index (κ1) is 18.2. The number of allylic oxidation sites excluding steroid dienone is 8. The van der Waals surface area contributed by atoms with Crippen molar-refractivity contribution in [1.82, 2.24) is 0 Å². The van der Waals surface area contributed by atoms with Gasteiger partial charge in [0.25, 0.3) is 0 Å². The fourth-order valence-corrected chi connectivity index (χ4v) is 1.39. The number of hydrogen-bond acceptors (Lipinski definition) is 0. The van der Waals surface area contributed by atoms with Crippen molar-refractivity contribution in [2.45, 2.75) is 39.5 Å². The first-order valence-electron chi connectivity index (χ1n) is 5.39. The Morgan fingerprint density at radius 3 is 1.44 bits per heavy atom. The summed E-state index contributed by atoms with van der Waals surface area (Å²) in [5, 5.41) is 0. The second-order valence-electron chi connectivity index (χ2n) is 3.32. The van der Waals surface area contributed by atoms with Crippen LogP contribution in [0, 0.1) is 19.6 Å².